The molecule has 1 amide bonds. The first-order valence-electron chi connectivity index (χ1n) is 7.93. The molecule has 0 spiro atoms. The minimum absolute atomic E-state index is 0.129. The summed E-state index contributed by atoms with van der Waals surface area (Å²) in [4.78, 5) is 12.2. The second-order valence-corrected chi connectivity index (χ2v) is 6.04. The third-order valence-corrected chi connectivity index (χ3v) is 4.40. The molecule has 122 valence electrons. The number of amides is 1. The summed E-state index contributed by atoms with van der Waals surface area (Å²) in [6, 6.07) is 9.43. The Hall–Kier alpha value is -2.14. The van der Waals surface area contributed by atoms with E-state index in [2.05, 4.69) is 5.32 Å². The first-order chi connectivity index (χ1) is 11.2. The van der Waals surface area contributed by atoms with E-state index in [4.69, 9.17) is 9.52 Å². The van der Waals surface area contributed by atoms with E-state index >= 15 is 0 Å². The number of carbonyl (C=O) groups is 1. The van der Waals surface area contributed by atoms with Crippen molar-refractivity contribution in [3.63, 3.8) is 0 Å². The zero-order chi connectivity index (χ0) is 16.2. The number of aliphatic hydroxyl groups is 1. The molecular weight excluding hydrogens is 297 g/mol. The molecule has 1 saturated carbocycles. The molecule has 0 radical (unpaired) electrons. The van der Waals surface area contributed by atoms with Gasteiger partial charge in [0.1, 0.15) is 11.6 Å². The fourth-order valence-corrected chi connectivity index (χ4v) is 2.98. The van der Waals surface area contributed by atoms with Crippen LogP contribution in [-0.4, -0.2) is 23.7 Å². The maximum absolute atomic E-state index is 12.9. The molecule has 0 atom stereocenters. The third kappa shape index (κ3) is 3.79. The summed E-state index contributed by atoms with van der Waals surface area (Å²) in [5.41, 5.74) is 0.730. The monoisotopic (exact) mass is 317 g/mol. The van der Waals surface area contributed by atoms with Crippen molar-refractivity contribution in [2.45, 2.75) is 31.7 Å². The summed E-state index contributed by atoms with van der Waals surface area (Å²) in [6.45, 7) is 0.222. The summed E-state index contributed by atoms with van der Waals surface area (Å²) in [7, 11) is 0. The summed E-state index contributed by atoms with van der Waals surface area (Å²) in [6.07, 6.45) is 3.62. The number of hydrogen-bond acceptors (Lipinski definition) is 3. The molecule has 1 aromatic heterocycles. The molecule has 1 fully saturated rings. The zero-order valence-electron chi connectivity index (χ0n) is 12.8. The van der Waals surface area contributed by atoms with Crippen molar-refractivity contribution >= 4 is 5.91 Å². The highest BCUT2D eigenvalue weighted by Crippen LogP contribution is 2.25. The fourth-order valence-electron chi connectivity index (χ4n) is 2.98. The van der Waals surface area contributed by atoms with Crippen LogP contribution >= 0.6 is 0 Å². The lowest BCUT2D eigenvalue weighted by Gasteiger charge is -2.27. The van der Waals surface area contributed by atoms with Gasteiger partial charge in [-0.2, -0.15) is 0 Å². The van der Waals surface area contributed by atoms with Gasteiger partial charge in [0.05, 0.1) is 0 Å². The largest absolute Gasteiger partial charge is 0.451 e. The maximum atomic E-state index is 12.9. The molecule has 23 heavy (non-hydrogen) atoms. The third-order valence-electron chi connectivity index (χ3n) is 4.40. The second-order valence-electron chi connectivity index (χ2n) is 6.04. The van der Waals surface area contributed by atoms with Gasteiger partial charge in [-0.15, -0.1) is 0 Å². The molecule has 4 nitrogen and oxygen atoms in total. The van der Waals surface area contributed by atoms with Gasteiger partial charge in [-0.25, -0.2) is 4.39 Å². The van der Waals surface area contributed by atoms with Crippen LogP contribution in [0.3, 0.4) is 0 Å². The van der Waals surface area contributed by atoms with Gasteiger partial charge in [-0.05, 0) is 68.0 Å². The lowest BCUT2D eigenvalue weighted by molar-refractivity contribution is 0.0887. The molecule has 1 heterocycles. The molecule has 0 bridgehead atoms. The van der Waals surface area contributed by atoms with Crippen LogP contribution in [0.5, 0.6) is 0 Å². The molecule has 2 N–H and O–H groups in total. The van der Waals surface area contributed by atoms with Crippen LogP contribution < -0.4 is 5.32 Å². The van der Waals surface area contributed by atoms with E-state index in [-0.39, 0.29) is 30.1 Å². The maximum Gasteiger partial charge on any atom is 0.287 e. The van der Waals surface area contributed by atoms with Crippen LogP contribution in [0, 0.1) is 11.7 Å². The summed E-state index contributed by atoms with van der Waals surface area (Å²) >= 11 is 0. The molecule has 1 aliphatic carbocycles. The van der Waals surface area contributed by atoms with Crippen LogP contribution in [-0.2, 0) is 0 Å². The Balaban J connectivity index is 1.61. The average molecular weight is 317 g/mol. The highest BCUT2D eigenvalue weighted by molar-refractivity contribution is 5.92. The quantitative estimate of drug-likeness (QED) is 0.909. The molecule has 0 saturated heterocycles. The summed E-state index contributed by atoms with van der Waals surface area (Å²) in [5.74, 6) is 0.618. The Morgan fingerprint density at radius 3 is 2.48 bits per heavy atom. The van der Waals surface area contributed by atoms with Gasteiger partial charge in [0.2, 0.25) is 0 Å². The van der Waals surface area contributed by atoms with E-state index < -0.39 is 0 Å². The normalized spacial score (nSPS) is 21.1. The Kier molecular flexibility index (Phi) is 4.76. The Bertz CT molecular complexity index is 657. The Labute approximate surface area is 134 Å². The van der Waals surface area contributed by atoms with E-state index in [1.807, 2.05) is 0 Å². The van der Waals surface area contributed by atoms with Gasteiger partial charge in [-0.3, -0.25) is 4.79 Å². The number of carbonyl (C=O) groups excluding carboxylic acids is 1. The van der Waals surface area contributed by atoms with Crippen LogP contribution in [0.4, 0.5) is 4.39 Å². The molecule has 3 rings (SSSR count). The smallest absolute Gasteiger partial charge is 0.287 e. The van der Waals surface area contributed by atoms with E-state index in [0.717, 1.165) is 31.2 Å². The van der Waals surface area contributed by atoms with Crippen molar-refractivity contribution in [3.05, 3.63) is 48.0 Å². The summed E-state index contributed by atoms with van der Waals surface area (Å²) < 4.78 is 18.5. The number of halogens is 1. The number of furan rings is 1. The molecular formula is C18H20FNO3. The van der Waals surface area contributed by atoms with Crippen LogP contribution in [0.15, 0.2) is 40.8 Å². The molecule has 1 aromatic carbocycles. The van der Waals surface area contributed by atoms with Crippen molar-refractivity contribution in [2.24, 2.45) is 5.92 Å². The minimum Gasteiger partial charge on any atom is -0.451 e. The van der Waals surface area contributed by atoms with Crippen molar-refractivity contribution in [3.8, 4) is 11.3 Å². The predicted octanol–water partition coefficient (Wildman–Crippen LogP) is 3.37. The Morgan fingerprint density at radius 2 is 1.83 bits per heavy atom. The van der Waals surface area contributed by atoms with Crippen molar-refractivity contribution < 1.29 is 18.7 Å². The van der Waals surface area contributed by atoms with Gasteiger partial charge >= 0.3 is 0 Å². The molecule has 2 aromatic rings. The van der Waals surface area contributed by atoms with Crippen LogP contribution in [0.25, 0.3) is 11.3 Å². The van der Waals surface area contributed by atoms with Gasteiger partial charge in [-0.1, -0.05) is 0 Å². The number of hydrogen-bond donors (Lipinski definition) is 2. The second kappa shape index (κ2) is 6.96. The van der Waals surface area contributed by atoms with E-state index in [1.165, 1.54) is 12.1 Å². The summed E-state index contributed by atoms with van der Waals surface area (Å²) in [5, 5.41) is 12.1. The lowest BCUT2D eigenvalue weighted by atomic mass is 9.86. The van der Waals surface area contributed by atoms with Gasteiger partial charge in [0, 0.05) is 18.2 Å². The topological polar surface area (TPSA) is 62.5 Å². The molecule has 0 unspecified atom stereocenters. The van der Waals surface area contributed by atoms with Crippen LogP contribution in [0.1, 0.15) is 36.2 Å². The van der Waals surface area contributed by atoms with Crippen molar-refractivity contribution in [1.82, 2.24) is 5.32 Å². The lowest BCUT2D eigenvalue weighted by Crippen LogP contribution is -2.37. The highest BCUT2D eigenvalue weighted by atomic mass is 19.1. The SMILES string of the molecule is O=C(NC1CCC(CO)CC1)c1ccc(-c2ccc(F)cc2)o1. The number of benzene rings is 1. The molecule has 1 aliphatic rings. The molecule has 5 heteroatoms. The minimum atomic E-state index is -0.309. The first kappa shape index (κ1) is 15.7. The van der Waals surface area contributed by atoms with E-state index in [0.29, 0.717) is 11.7 Å². The first-order valence-corrected chi connectivity index (χ1v) is 7.93. The zero-order valence-corrected chi connectivity index (χ0v) is 12.8. The Morgan fingerprint density at radius 1 is 1.13 bits per heavy atom. The van der Waals surface area contributed by atoms with E-state index in [1.54, 1.807) is 24.3 Å². The standard InChI is InChI=1S/C18H20FNO3/c19-14-5-3-13(4-6-14)16-9-10-17(23-16)18(22)20-15-7-1-12(11-21)2-8-15/h3-6,9-10,12,15,21H,1-2,7-8,11H2,(H,20,22). The highest BCUT2D eigenvalue weighted by Gasteiger charge is 2.23. The average Bonchev–Trinajstić information content (AvgIpc) is 3.06. The van der Waals surface area contributed by atoms with Gasteiger partial charge < -0.3 is 14.8 Å². The fraction of sp³-hybridized carbons (Fsp3) is 0.389. The van der Waals surface area contributed by atoms with Crippen molar-refractivity contribution in [2.75, 3.05) is 6.61 Å². The van der Waals surface area contributed by atoms with Gasteiger partial charge in [0.25, 0.3) is 5.91 Å². The van der Waals surface area contributed by atoms with E-state index in [9.17, 15) is 9.18 Å². The van der Waals surface area contributed by atoms with Crippen molar-refractivity contribution in [1.29, 1.82) is 0 Å². The number of nitrogens with one attached hydrogen (secondary N) is 1. The number of aliphatic hydroxyl groups excluding tert-OH is 1. The predicted molar refractivity (Wildman–Crippen MR) is 84.4 cm³/mol. The van der Waals surface area contributed by atoms with Crippen LogP contribution in [0.2, 0.25) is 0 Å². The number of rotatable bonds is 4. The molecule has 0 aliphatic heterocycles. The van der Waals surface area contributed by atoms with Gasteiger partial charge in [0.15, 0.2) is 5.76 Å².